The maximum absolute atomic E-state index is 3.87. The van der Waals surface area contributed by atoms with Crippen LogP contribution in [0, 0.1) is 11.8 Å². The van der Waals surface area contributed by atoms with Gasteiger partial charge in [-0.2, -0.15) is 0 Å². The van der Waals surface area contributed by atoms with Gasteiger partial charge in [0.25, 0.3) is 0 Å². The van der Waals surface area contributed by atoms with E-state index in [1.54, 1.807) is 0 Å². The molecule has 0 amide bonds. The highest BCUT2D eigenvalue weighted by molar-refractivity contribution is 5.14. The van der Waals surface area contributed by atoms with E-state index in [-0.39, 0.29) is 0 Å². The molecule has 0 saturated heterocycles. The molecule has 1 fully saturated rings. The van der Waals surface area contributed by atoms with Gasteiger partial charge in [-0.05, 0) is 63.5 Å². The van der Waals surface area contributed by atoms with Gasteiger partial charge in [0.2, 0.25) is 0 Å². The number of nitrogens with one attached hydrogen (secondary N) is 1. The fourth-order valence-electron chi connectivity index (χ4n) is 4.41. The zero-order valence-corrected chi connectivity index (χ0v) is 17.0. The molecule has 0 aliphatic heterocycles. The Balaban J connectivity index is 2.02. The summed E-state index contributed by atoms with van der Waals surface area (Å²) in [4.78, 5) is 2.69. The van der Waals surface area contributed by atoms with E-state index in [9.17, 15) is 0 Å². The number of hydrogen-bond acceptors (Lipinski definition) is 2. The van der Waals surface area contributed by atoms with Crippen LogP contribution in [0.5, 0.6) is 0 Å². The van der Waals surface area contributed by atoms with E-state index in [1.807, 2.05) is 0 Å². The van der Waals surface area contributed by atoms with Gasteiger partial charge in [0.1, 0.15) is 0 Å². The van der Waals surface area contributed by atoms with Crippen LogP contribution in [0.3, 0.4) is 0 Å². The first kappa shape index (κ1) is 20.5. The molecule has 142 valence electrons. The van der Waals surface area contributed by atoms with Crippen molar-refractivity contribution in [2.75, 3.05) is 13.1 Å². The number of benzene rings is 1. The van der Waals surface area contributed by atoms with Crippen molar-refractivity contribution in [3.8, 4) is 0 Å². The number of nitrogens with zero attached hydrogens (tertiary/aromatic N) is 1. The minimum absolute atomic E-state index is 0.596. The zero-order valence-electron chi connectivity index (χ0n) is 17.0. The van der Waals surface area contributed by atoms with Crippen molar-refractivity contribution in [1.29, 1.82) is 0 Å². The molecule has 1 saturated carbocycles. The quantitative estimate of drug-likeness (QED) is 0.604. The minimum atomic E-state index is 0.596. The summed E-state index contributed by atoms with van der Waals surface area (Å²) in [6, 6.07) is 12.3. The van der Waals surface area contributed by atoms with Crippen LogP contribution < -0.4 is 5.32 Å². The van der Waals surface area contributed by atoms with E-state index in [0.717, 1.165) is 18.4 Å². The third kappa shape index (κ3) is 6.75. The third-order valence-electron chi connectivity index (χ3n) is 5.87. The standard InChI is InChI=1S/C23H40N2/c1-5-10-20-13-14-23(24-15-6-2)22(16-20)18-25(19(3)4)17-21-11-8-7-9-12-21/h7-9,11-12,19-20,22-24H,5-6,10,13-18H2,1-4H3. The van der Waals surface area contributed by atoms with Gasteiger partial charge in [-0.25, -0.2) is 0 Å². The fraction of sp³-hybridized carbons (Fsp3) is 0.739. The molecular weight excluding hydrogens is 304 g/mol. The lowest BCUT2D eigenvalue weighted by atomic mass is 9.76. The Hall–Kier alpha value is -0.860. The highest BCUT2D eigenvalue weighted by Gasteiger charge is 2.31. The monoisotopic (exact) mass is 344 g/mol. The summed E-state index contributed by atoms with van der Waals surface area (Å²) >= 11 is 0. The average molecular weight is 345 g/mol. The lowest BCUT2D eigenvalue weighted by molar-refractivity contribution is 0.112. The Labute approximate surface area is 156 Å². The van der Waals surface area contributed by atoms with E-state index < -0.39 is 0 Å². The molecular formula is C23H40N2. The third-order valence-corrected chi connectivity index (χ3v) is 5.87. The van der Waals surface area contributed by atoms with Crippen LogP contribution in [0.1, 0.15) is 71.8 Å². The summed E-state index contributed by atoms with van der Waals surface area (Å²) in [5.41, 5.74) is 1.44. The molecule has 2 heteroatoms. The Morgan fingerprint density at radius 3 is 2.48 bits per heavy atom. The predicted molar refractivity (Wildman–Crippen MR) is 110 cm³/mol. The van der Waals surface area contributed by atoms with Crippen LogP contribution in [0.25, 0.3) is 0 Å². The van der Waals surface area contributed by atoms with Crippen molar-refractivity contribution in [2.24, 2.45) is 11.8 Å². The van der Waals surface area contributed by atoms with E-state index in [1.165, 1.54) is 57.2 Å². The largest absolute Gasteiger partial charge is 0.314 e. The molecule has 0 aromatic heterocycles. The second-order valence-electron chi connectivity index (χ2n) is 8.30. The van der Waals surface area contributed by atoms with Crippen LogP contribution in [0.15, 0.2) is 30.3 Å². The molecule has 0 spiro atoms. The van der Waals surface area contributed by atoms with Crippen molar-refractivity contribution >= 4 is 0 Å². The molecule has 3 unspecified atom stereocenters. The van der Waals surface area contributed by atoms with Crippen LogP contribution in [-0.2, 0) is 6.54 Å². The van der Waals surface area contributed by atoms with Gasteiger partial charge in [0.15, 0.2) is 0 Å². The summed E-state index contributed by atoms with van der Waals surface area (Å²) in [7, 11) is 0. The molecule has 0 radical (unpaired) electrons. The van der Waals surface area contributed by atoms with E-state index >= 15 is 0 Å². The first-order valence-corrected chi connectivity index (χ1v) is 10.6. The molecule has 1 aromatic rings. The van der Waals surface area contributed by atoms with Gasteiger partial charge in [-0.3, -0.25) is 4.90 Å². The highest BCUT2D eigenvalue weighted by atomic mass is 15.2. The van der Waals surface area contributed by atoms with E-state index in [4.69, 9.17) is 0 Å². The van der Waals surface area contributed by atoms with Crippen molar-refractivity contribution in [3.05, 3.63) is 35.9 Å². The highest BCUT2D eigenvalue weighted by Crippen LogP contribution is 2.33. The second-order valence-corrected chi connectivity index (χ2v) is 8.30. The molecule has 1 aliphatic carbocycles. The molecule has 2 rings (SSSR count). The topological polar surface area (TPSA) is 15.3 Å². The van der Waals surface area contributed by atoms with Crippen LogP contribution in [-0.4, -0.2) is 30.1 Å². The number of hydrogen-bond donors (Lipinski definition) is 1. The lowest BCUT2D eigenvalue weighted by Crippen LogP contribution is -2.47. The molecule has 1 aliphatic rings. The van der Waals surface area contributed by atoms with Crippen molar-refractivity contribution in [2.45, 2.75) is 84.8 Å². The zero-order chi connectivity index (χ0) is 18.1. The molecule has 1 aromatic carbocycles. The van der Waals surface area contributed by atoms with E-state index in [2.05, 4.69) is 68.2 Å². The van der Waals surface area contributed by atoms with Crippen molar-refractivity contribution in [1.82, 2.24) is 10.2 Å². The summed E-state index contributed by atoms with van der Waals surface area (Å²) in [5.74, 6) is 1.74. The Morgan fingerprint density at radius 2 is 1.84 bits per heavy atom. The Bertz CT molecular complexity index is 456. The summed E-state index contributed by atoms with van der Waals surface area (Å²) in [6.45, 7) is 12.8. The molecule has 25 heavy (non-hydrogen) atoms. The normalized spacial score (nSPS) is 24.2. The molecule has 1 N–H and O–H groups in total. The van der Waals surface area contributed by atoms with Gasteiger partial charge in [0, 0.05) is 25.2 Å². The minimum Gasteiger partial charge on any atom is -0.314 e. The van der Waals surface area contributed by atoms with Crippen molar-refractivity contribution < 1.29 is 0 Å². The van der Waals surface area contributed by atoms with Gasteiger partial charge in [-0.15, -0.1) is 0 Å². The van der Waals surface area contributed by atoms with Gasteiger partial charge in [0.05, 0.1) is 0 Å². The molecule has 0 bridgehead atoms. The summed E-state index contributed by atoms with van der Waals surface area (Å²) in [5, 5.41) is 3.87. The van der Waals surface area contributed by atoms with Crippen LogP contribution in [0.2, 0.25) is 0 Å². The van der Waals surface area contributed by atoms with E-state index in [0.29, 0.717) is 12.1 Å². The molecule has 2 nitrogen and oxygen atoms in total. The summed E-state index contributed by atoms with van der Waals surface area (Å²) < 4.78 is 0. The van der Waals surface area contributed by atoms with Gasteiger partial charge < -0.3 is 5.32 Å². The SMILES string of the molecule is CCCNC1CCC(CCC)CC1CN(Cc1ccccc1)C(C)C. The van der Waals surface area contributed by atoms with Gasteiger partial charge in [-0.1, -0.05) is 57.0 Å². The predicted octanol–water partition coefficient (Wildman–Crippen LogP) is 5.48. The molecule has 3 atom stereocenters. The Kier molecular flexibility index (Phi) is 8.98. The molecule has 0 heterocycles. The summed E-state index contributed by atoms with van der Waals surface area (Å²) in [6.07, 6.45) is 8.19. The maximum atomic E-state index is 3.87. The number of rotatable bonds is 10. The van der Waals surface area contributed by atoms with Gasteiger partial charge >= 0.3 is 0 Å². The fourth-order valence-corrected chi connectivity index (χ4v) is 4.41. The van der Waals surface area contributed by atoms with Crippen LogP contribution >= 0.6 is 0 Å². The average Bonchev–Trinajstić information content (AvgIpc) is 2.61. The van der Waals surface area contributed by atoms with Crippen LogP contribution in [0.4, 0.5) is 0 Å². The first-order valence-electron chi connectivity index (χ1n) is 10.6. The lowest BCUT2D eigenvalue weighted by Gasteiger charge is -2.40. The van der Waals surface area contributed by atoms with Crippen molar-refractivity contribution in [3.63, 3.8) is 0 Å². The maximum Gasteiger partial charge on any atom is 0.0236 e. The first-order chi connectivity index (χ1) is 12.1. The Morgan fingerprint density at radius 1 is 1.08 bits per heavy atom. The smallest absolute Gasteiger partial charge is 0.0236 e. The second kappa shape index (κ2) is 11.0.